The molecule has 3 heteroatoms. The standard InChI is InChI=1S/C7H14N2S/c1-7(4-8-6-10)5-9(2)3/h7H,4-5H2,1-3H3. The van der Waals surface area contributed by atoms with Gasteiger partial charge in [0, 0.05) is 6.54 Å². The second-order valence-corrected chi connectivity index (χ2v) is 2.98. The Balaban J connectivity index is 3.42. The van der Waals surface area contributed by atoms with Crippen molar-refractivity contribution in [2.45, 2.75) is 6.92 Å². The zero-order chi connectivity index (χ0) is 7.98. The summed E-state index contributed by atoms with van der Waals surface area (Å²) in [4.78, 5) is 6.01. The van der Waals surface area contributed by atoms with E-state index in [0.29, 0.717) is 5.92 Å². The first-order chi connectivity index (χ1) is 4.66. The predicted octanol–water partition coefficient (Wildman–Crippen LogP) is 1.29. The lowest BCUT2D eigenvalue weighted by Crippen LogP contribution is -2.21. The van der Waals surface area contributed by atoms with Crippen LogP contribution in [0.2, 0.25) is 0 Å². The molecular weight excluding hydrogens is 144 g/mol. The SMILES string of the molecule is CC(CN=C=S)CN(C)C. The summed E-state index contributed by atoms with van der Waals surface area (Å²) in [7, 11) is 4.11. The van der Waals surface area contributed by atoms with Crippen LogP contribution in [-0.4, -0.2) is 37.2 Å². The Hall–Kier alpha value is -0.240. The zero-order valence-corrected chi connectivity index (χ0v) is 7.61. The van der Waals surface area contributed by atoms with E-state index in [1.54, 1.807) is 0 Å². The number of hydrogen-bond acceptors (Lipinski definition) is 3. The third kappa shape index (κ3) is 5.89. The van der Waals surface area contributed by atoms with Crippen molar-refractivity contribution >= 4 is 17.4 Å². The molecule has 0 fully saturated rings. The van der Waals surface area contributed by atoms with Crippen LogP contribution in [0.25, 0.3) is 0 Å². The molecule has 2 nitrogen and oxygen atoms in total. The molecule has 1 atom stereocenters. The van der Waals surface area contributed by atoms with Gasteiger partial charge in [-0.1, -0.05) is 6.92 Å². The van der Waals surface area contributed by atoms with E-state index in [1.807, 2.05) is 0 Å². The smallest absolute Gasteiger partial charge is 0.0585 e. The Kier molecular flexibility index (Phi) is 5.40. The largest absolute Gasteiger partial charge is 0.309 e. The van der Waals surface area contributed by atoms with Crippen molar-refractivity contribution in [3.8, 4) is 0 Å². The molecule has 0 aliphatic rings. The Morgan fingerprint density at radius 3 is 2.60 bits per heavy atom. The molecule has 0 saturated heterocycles. The molecule has 0 N–H and O–H groups in total. The van der Waals surface area contributed by atoms with E-state index in [9.17, 15) is 0 Å². The fourth-order valence-corrected chi connectivity index (χ4v) is 0.949. The van der Waals surface area contributed by atoms with Gasteiger partial charge in [-0.3, -0.25) is 0 Å². The van der Waals surface area contributed by atoms with Crippen molar-refractivity contribution in [1.82, 2.24) is 4.90 Å². The topological polar surface area (TPSA) is 15.6 Å². The maximum absolute atomic E-state index is 4.45. The zero-order valence-electron chi connectivity index (χ0n) is 6.79. The number of nitrogens with zero attached hydrogens (tertiary/aromatic N) is 2. The van der Waals surface area contributed by atoms with Crippen LogP contribution in [0.15, 0.2) is 4.99 Å². The van der Waals surface area contributed by atoms with E-state index in [0.717, 1.165) is 13.1 Å². The van der Waals surface area contributed by atoms with Crippen LogP contribution < -0.4 is 0 Å². The van der Waals surface area contributed by atoms with Crippen molar-refractivity contribution < 1.29 is 0 Å². The van der Waals surface area contributed by atoms with Gasteiger partial charge >= 0.3 is 0 Å². The molecule has 0 bridgehead atoms. The summed E-state index contributed by atoms with van der Waals surface area (Å²) in [5.41, 5.74) is 0. The monoisotopic (exact) mass is 158 g/mol. The minimum Gasteiger partial charge on any atom is -0.309 e. The van der Waals surface area contributed by atoms with Crippen LogP contribution in [0.4, 0.5) is 0 Å². The predicted molar refractivity (Wildman–Crippen MR) is 47.6 cm³/mol. The van der Waals surface area contributed by atoms with Gasteiger partial charge in [-0.05, 0) is 32.2 Å². The molecular formula is C7H14N2S. The van der Waals surface area contributed by atoms with Crippen LogP contribution in [0.5, 0.6) is 0 Å². The molecule has 0 radical (unpaired) electrons. The van der Waals surface area contributed by atoms with Crippen LogP contribution in [0.1, 0.15) is 6.92 Å². The molecule has 10 heavy (non-hydrogen) atoms. The maximum atomic E-state index is 4.45. The summed E-state index contributed by atoms with van der Waals surface area (Å²) in [6.07, 6.45) is 0. The third-order valence-corrected chi connectivity index (χ3v) is 1.27. The van der Waals surface area contributed by atoms with Gasteiger partial charge in [0.25, 0.3) is 0 Å². The summed E-state index contributed by atoms with van der Waals surface area (Å²) < 4.78 is 0. The fourth-order valence-electron chi connectivity index (χ4n) is 0.874. The van der Waals surface area contributed by atoms with Gasteiger partial charge in [0.2, 0.25) is 0 Å². The van der Waals surface area contributed by atoms with Crippen LogP contribution in [-0.2, 0) is 0 Å². The molecule has 0 amide bonds. The number of thiocarbonyl (C=S) groups is 1. The van der Waals surface area contributed by atoms with Gasteiger partial charge in [0.15, 0.2) is 0 Å². The van der Waals surface area contributed by atoms with Gasteiger partial charge in [0.1, 0.15) is 0 Å². The molecule has 0 aliphatic carbocycles. The molecule has 0 aromatic carbocycles. The fraction of sp³-hybridized carbons (Fsp3) is 0.857. The highest BCUT2D eigenvalue weighted by Gasteiger charge is 2.00. The Bertz CT molecular complexity index is 128. The summed E-state index contributed by atoms with van der Waals surface area (Å²) in [5.74, 6) is 0.574. The first-order valence-corrected chi connectivity index (χ1v) is 3.76. The molecule has 58 valence electrons. The van der Waals surface area contributed by atoms with E-state index in [-0.39, 0.29) is 0 Å². The highest BCUT2D eigenvalue weighted by atomic mass is 32.1. The lowest BCUT2D eigenvalue weighted by molar-refractivity contribution is 0.344. The first-order valence-electron chi connectivity index (χ1n) is 3.35. The normalized spacial score (nSPS) is 12.8. The minimum absolute atomic E-state index is 0.574. The lowest BCUT2D eigenvalue weighted by Gasteiger charge is -2.13. The van der Waals surface area contributed by atoms with Crippen LogP contribution >= 0.6 is 12.2 Å². The Labute approximate surface area is 67.9 Å². The summed E-state index contributed by atoms with van der Waals surface area (Å²) in [5, 5.41) is 2.36. The van der Waals surface area contributed by atoms with Gasteiger partial charge in [-0.15, -0.1) is 0 Å². The van der Waals surface area contributed by atoms with E-state index in [1.165, 1.54) is 0 Å². The van der Waals surface area contributed by atoms with Crippen molar-refractivity contribution in [3.63, 3.8) is 0 Å². The number of aliphatic imine (C=N–C) groups is 1. The van der Waals surface area contributed by atoms with Crippen molar-refractivity contribution in [2.75, 3.05) is 27.2 Å². The lowest BCUT2D eigenvalue weighted by atomic mass is 10.2. The van der Waals surface area contributed by atoms with Crippen molar-refractivity contribution in [2.24, 2.45) is 10.9 Å². The summed E-state index contributed by atoms with van der Waals surface area (Å²) in [6.45, 7) is 4.00. The highest BCUT2D eigenvalue weighted by molar-refractivity contribution is 7.78. The van der Waals surface area contributed by atoms with Crippen molar-refractivity contribution in [3.05, 3.63) is 0 Å². The average molecular weight is 158 g/mol. The first kappa shape index (κ1) is 9.76. The number of hydrogen-bond donors (Lipinski definition) is 0. The average Bonchev–Trinajstić information content (AvgIpc) is 1.82. The minimum atomic E-state index is 0.574. The molecule has 0 aliphatic heterocycles. The van der Waals surface area contributed by atoms with Gasteiger partial charge in [-0.25, -0.2) is 4.99 Å². The van der Waals surface area contributed by atoms with Gasteiger partial charge in [0.05, 0.1) is 11.7 Å². The van der Waals surface area contributed by atoms with Crippen molar-refractivity contribution in [1.29, 1.82) is 0 Å². The van der Waals surface area contributed by atoms with E-state index < -0.39 is 0 Å². The highest BCUT2D eigenvalue weighted by Crippen LogP contribution is 1.95. The molecule has 0 spiro atoms. The van der Waals surface area contributed by atoms with Gasteiger partial charge < -0.3 is 4.90 Å². The second kappa shape index (κ2) is 5.54. The quantitative estimate of drug-likeness (QED) is 0.452. The van der Waals surface area contributed by atoms with Crippen LogP contribution in [0.3, 0.4) is 0 Å². The van der Waals surface area contributed by atoms with Gasteiger partial charge in [-0.2, -0.15) is 0 Å². The second-order valence-electron chi connectivity index (χ2n) is 2.80. The maximum Gasteiger partial charge on any atom is 0.0585 e. The third-order valence-electron chi connectivity index (χ3n) is 1.14. The van der Waals surface area contributed by atoms with E-state index in [2.05, 4.69) is 48.3 Å². The molecule has 0 rings (SSSR count). The molecule has 0 saturated carbocycles. The van der Waals surface area contributed by atoms with Crippen LogP contribution in [0, 0.1) is 5.92 Å². The molecule has 0 heterocycles. The van der Waals surface area contributed by atoms with E-state index >= 15 is 0 Å². The summed E-state index contributed by atoms with van der Waals surface area (Å²) >= 11 is 4.45. The summed E-state index contributed by atoms with van der Waals surface area (Å²) in [6, 6.07) is 0. The van der Waals surface area contributed by atoms with E-state index in [4.69, 9.17) is 0 Å². The molecule has 0 aromatic heterocycles. The molecule has 1 unspecified atom stereocenters. The Morgan fingerprint density at radius 1 is 1.60 bits per heavy atom. The number of isothiocyanates is 1. The Morgan fingerprint density at radius 2 is 2.20 bits per heavy atom. The molecule has 0 aromatic rings. The number of rotatable bonds is 4.